The van der Waals surface area contributed by atoms with E-state index in [2.05, 4.69) is 12.2 Å². The zero-order chi connectivity index (χ0) is 17.4. The maximum absolute atomic E-state index is 12.2. The predicted octanol–water partition coefficient (Wildman–Crippen LogP) is 3.53. The number of piperidine rings is 1. The molecule has 1 amide bonds. The summed E-state index contributed by atoms with van der Waals surface area (Å²) in [5.74, 6) is 1.55. The maximum Gasteiger partial charge on any atom is 0.232 e. The van der Waals surface area contributed by atoms with Gasteiger partial charge in [-0.05, 0) is 56.1 Å². The Morgan fingerprint density at radius 1 is 1.20 bits per heavy atom. The molecule has 1 aliphatic rings. The Hall–Kier alpha value is -0.750. The highest BCUT2D eigenvalue weighted by Crippen LogP contribution is 2.18. The highest BCUT2D eigenvalue weighted by Gasteiger charge is 2.22. The number of nitrogens with one attached hydrogen (secondary N) is 1. The molecule has 1 heterocycles. The van der Waals surface area contributed by atoms with Gasteiger partial charge in [0.2, 0.25) is 5.91 Å². The molecule has 0 unspecified atom stereocenters. The first-order chi connectivity index (χ1) is 11.6. The van der Waals surface area contributed by atoms with Crippen LogP contribution in [0.2, 0.25) is 5.02 Å². The van der Waals surface area contributed by atoms with Gasteiger partial charge in [0, 0.05) is 23.7 Å². The number of likely N-dealkylation sites (tertiary alicyclic amines) is 1. The lowest BCUT2D eigenvalue weighted by atomic mass is 9.97. The van der Waals surface area contributed by atoms with Crippen molar-refractivity contribution >= 4 is 47.5 Å². The highest BCUT2D eigenvalue weighted by atomic mass is 35.5. The molecule has 0 atom stereocenters. The number of hydrogen-bond acceptors (Lipinski definition) is 4. The van der Waals surface area contributed by atoms with Crippen LogP contribution in [0, 0.1) is 5.92 Å². The summed E-state index contributed by atoms with van der Waals surface area (Å²) >= 11 is 7.21. The summed E-state index contributed by atoms with van der Waals surface area (Å²) in [5.41, 5.74) is 0.642. The topological polar surface area (TPSA) is 49.4 Å². The van der Waals surface area contributed by atoms with Gasteiger partial charge in [0.25, 0.3) is 0 Å². The first-order valence-electron chi connectivity index (χ1n) is 8.45. The van der Waals surface area contributed by atoms with E-state index in [1.807, 2.05) is 4.90 Å². The monoisotopic (exact) mass is 404 g/mol. The standard InChI is InChI=1S/C18H25ClN2O2S.ClH/c1-2-20-11-14-7-9-21(10-8-14)18(23)13-24-12-17(22)15-3-5-16(19)6-4-15;/h3-6,14,20H,2,7-13H2,1H3;1H. The Bertz CT molecular complexity index is 547. The first-order valence-corrected chi connectivity index (χ1v) is 9.98. The molecular weight excluding hydrogens is 379 g/mol. The van der Waals surface area contributed by atoms with Crippen LogP contribution in [0.15, 0.2) is 24.3 Å². The number of nitrogens with zero attached hydrogens (tertiary/aromatic N) is 1. The van der Waals surface area contributed by atoms with Gasteiger partial charge in [-0.15, -0.1) is 24.2 Å². The molecule has 0 radical (unpaired) electrons. The van der Waals surface area contributed by atoms with Crippen molar-refractivity contribution in [3.63, 3.8) is 0 Å². The van der Waals surface area contributed by atoms with Gasteiger partial charge < -0.3 is 10.2 Å². The van der Waals surface area contributed by atoms with Gasteiger partial charge in [-0.3, -0.25) is 9.59 Å². The van der Waals surface area contributed by atoms with E-state index >= 15 is 0 Å². The molecule has 7 heteroatoms. The van der Waals surface area contributed by atoms with Crippen molar-refractivity contribution in [2.45, 2.75) is 19.8 Å². The molecule has 0 bridgehead atoms. The molecule has 1 fully saturated rings. The van der Waals surface area contributed by atoms with E-state index in [1.54, 1.807) is 24.3 Å². The zero-order valence-electron chi connectivity index (χ0n) is 14.5. The molecule has 2 rings (SSSR count). The molecule has 0 saturated carbocycles. The largest absolute Gasteiger partial charge is 0.342 e. The summed E-state index contributed by atoms with van der Waals surface area (Å²) in [6, 6.07) is 6.87. The highest BCUT2D eigenvalue weighted by molar-refractivity contribution is 8.00. The third-order valence-corrected chi connectivity index (χ3v) is 5.44. The fourth-order valence-electron chi connectivity index (χ4n) is 2.78. The lowest BCUT2D eigenvalue weighted by molar-refractivity contribution is -0.129. The van der Waals surface area contributed by atoms with Crippen molar-refractivity contribution in [3.8, 4) is 0 Å². The van der Waals surface area contributed by atoms with E-state index in [4.69, 9.17) is 11.6 Å². The van der Waals surface area contributed by atoms with Gasteiger partial charge in [0.1, 0.15) is 0 Å². The number of hydrogen-bond donors (Lipinski definition) is 1. The number of Topliss-reactive ketones (excluding diaryl/α,β-unsaturated/α-hetero) is 1. The van der Waals surface area contributed by atoms with Crippen LogP contribution in [0.3, 0.4) is 0 Å². The second kappa shape index (κ2) is 11.8. The van der Waals surface area contributed by atoms with Crippen LogP contribution in [-0.2, 0) is 4.79 Å². The molecule has 1 aromatic carbocycles. The number of halogens is 2. The maximum atomic E-state index is 12.2. The minimum Gasteiger partial charge on any atom is -0.342 e. The lowest BCUT2D eigenvalue weighted by Crippen LogP contribution is -2.41. The number of ketones is 1. The van der Waals surface area contributed by atoms with Gasteiger partial charge in [-0.2, -0.15) is 0 Å². The van der Waals surface area contributed by atoms with E-state index in [1.165, 1.54) is 11.8 Å². The van der Waals surface area contributed by atoms with Crippen molar-refractivity contribution in [3.05, 3.63) is 34.9 Å². The summed E-state index contributed by atoms with van der Waals surface area (Å²) in [4.78, 5) is 26.2. The minimum atomic E-state index is 0. The minimum absolute atomic E-state index is 0. The smallest absolute Gasteiger partial charge is 0.232 e. The zero-order valence-corrected chi connectivity index (χ0v) is 16.9. The van der Waals surface area contributed by atoms with Gasteiger partial charge in [-0.1, -0.05) is 18.5 Å². The molecule has 25 heavy (non-hydrogen) atoms. The summed E-state index contributed by atoms with van der Waals surface area (Å²) in [6.07, 6.45) is 2.13. The fraction of sp³-hybridized carbons (Fsp3) is 0.556. The van der Waals surface area contributed by atoms with Crippen molar-refractivity contribution < 1.29 is 9.59 Å². The summed E-state index contributed by atoms with van der Waals surface area (Å²) in [6.45, 7) is 5.82. The molecule has 1 aliphatic heterocycles. The van der Waals surface area contributed by atoms with Crippen LogP contribution in [0.4, 0.5) is 0 Å². The van der Waals surface area contributed by atoms with Crippen LogP contribution < -0.4 is 5.32 Å². The third-order valence-electron chi connectivity index (χ3n) is 4.28. The van der Waals surface area contributed by atoms with E-state index in [0.717, 1.165) is 39.0 Å². The predicted molar refractivity (Wildman–Crippen MR) is 108 cm³/mol. The number of carbonyl (C=O) groups is 2. The number of benzene rings is 1. The fourth-order valence-corrected chi connectivity index (χ4v) is 3.71. The van der Waals surface area contributed by atoms with Crippen LogP contribution >= 0.6 is 35.8 Å². The summed E-state index contributed by atoms with van der Waals surface area (Å²) in [7, 11) is 0. The molecular formula is C18H26Cl2N2O2S. The molecule has 140 valence electrons. The number of carbonyl (C=O) groups excluding carboxylic acids is 2. The van der Waals surface area contributed by atoms with E-state index in [-0.39, 0.29) is 24.1 Å². The Kier molecular flexibility index (Phi) is 10.5. The molecule has 1 saturated heterocycles. The van der Waals surface area contributed by atoms with Gasteiger partial charge in [0.05, 0.1) is 11.5 Å². The molecule has 4 nitrogen and oxygen atoms in total. The molecule has 0 spiro atoms. The average Bonchev–Trinajstić information content (AvgIpc) is 2.60. The Balaban J connectivity index is 0.00000312. The normalized spacial score (nSPS) is 14.9. The van der Waals surface area contributed by atoms with E-state index in [9.17, 15) is 9.59 Å². The number of amides is 1. The molecule has 1 N–H and O–H groups in total. The first kappa shape index (κ1) is 22.3. The number of thioether (sulfide) groups is 1. The quantitative estimate of drug-likeness (QED) is 0.673. The Morgan fingerprint density at radius 3 is 2.44 bits per heavy atom. The Labute approximate surface area is 165 Å². The van der Waals surface area contributed by atoms with Crippen LogP contribution in [0.1, 0.15) is 30.1 Å². The molecule has 1 aromatic rings. The van der Waals surface area contributed by atoms with Crippen LogP contribution in [0.5, 0.6) is 0 Å². The van der Waals surface area contributed by atoms with Crippen LogP contribution in [0.25, 0.3) is 0 Å². The second-order valence-corrected chi connectivity index (χ2v) is 7.48. The average molecular weight is 405 g/mol. The summed E-state index contributed by atoms with van der Waals surface area (Å²) in [5, 5.41) is 3.99. The van der Waals surface area contributed by atoms with Gasteiger partial charge >= 0.3 is 0 Å². The third kappa shape index (κ3) is 7.57. The van der Waals surface area contributed by atoms with Crippen molar-refractivity contribution in [1.29, 1.82) is 0 Å². The SMILES string of the molecule is CCNCC1CCN(C(=O)CSCC(=O)c2ccc(Cl)cc2)CC1.Cl. The van der Waals surface area contributed by atoms with E-state index in [0.29, 0.717) is 28.0 Å². The molecule has 0 aliphatic carbocycles. The lowest BCUT2D eigenvalue weighted by Gasteiger charge is -2.32. The van der Waals surface area contributed by atoms with E-state index < -0.39 is 0 Å². The van der Waals surface area contributed by atoms with Crippen molar-refractivity contribution in [2.75, 3.05) is 37.7 Å². The Morgan fingerprint density at radius 2 is 1.84 bits per heavy atom. The molecule has 0 aromatic heterocycles. The van der Waals surface area contributed by atoms with Gasteiger partial charge in [-0.25, -0.2) is 0 Å². The number of rotatable bonds is 8. The van der Waals surface area contributed by atoms with Crippen molar-refractivity contribution in [2.24, 2.45) is 5.92 Å². The van der Waals surface area contributed by atoms with Crippen molar-refractivity contribution in [1.82, 2.24) is 10.2 Å². The van der Waals surface area contributed by atoms with Gasteiger partial charge in [0.15, 0.2) is 5.78 Å². The summed E-state index contributed by atoms with van der Waals surface area (Å²) < 4.78 is 0. The second-order valence-electron chi connectivity index (χ2n) is 6.05. The van der Waals surface area contributed by atoms with Crippen LogP contribution in [-0.4, -0.2) is 54.3 Å².